The summed E-state index contributed by atoms with van der Waals surface area (Å²) in [4.78, 5) is 35.0. The standard InChI is InChI=1S/C29H41N7O5S/c1-18-10-11-22(33-42(6,39)40)21(13-18)27(37)35-12-8-7-9-24(35)23-14-25-31-26(19(2)15-36(25)32-23)34-16-20(17-34)30-28(38)41-29(3,4)5/h10-11,13-14,19-20,24,33H,7-9,12,15-17H2,1-6H3,(H,30,38)/t19?,24-/m0/s1. The van der Waals surface area contributed by atoms with Crippen LogP contribution in [0.15, 0.2) is 29.3 Å². The topological polar surface area (TPSA) is 138 Å². The predicted octanol–water partition coefficient (Wildman–Crippen LogP) is 3.82. The summed E-state index contributed by atoms with van der Waals surface area (Å²) in [6, 6.07) is 6.88. The number of rotatable bonds is 5. The Balaban J connectivity index is 1.33. The molecule has 5 rings (SSSR count). The number of fused-ring (bicyclic) bond motifs is 1. The van der Waals surface area contributed by atoms with Crippen LogP contribution in [-0.2, 0) is 21.3 Å². The van der Waals surface area contributed by atoms with Gasteiger partial charge in [-0.2, -0.15) is 5.10 Å². The van der Waals surface area contributed by atoms with E-state index in [-0.39, 0.29) is 29.6 Å². The second kappa shape index (κ2) is 11.2. The number of ether oxygens (including phenoxy) is 1. The van der Waals surface area contributed by atoms with Gasteiger partial charge in [0.1, 0.15) is 11.4 Å². The molecule has 12 nitrogen and oxygen atoms in total. The zero-order chi connectivity index (χ0) is 30.4. The van der Waals surface area contributed by atoms with Crippen molar-refractivity contribution >= 4 is 39.4 Å². The van der Waals surface area contributed by atoms with Crippen LogP contribution < -0.4 is 10.0 Å². The summed E-state index contributed by atoms with van der Waals surface area (Å²) in [7, 11) is -3.56. The molecule has 3 aliphatic rings. The predicted molar refractivity (Wildman–Crippen MR) is 160 cm³/mol. The Morgan fingerprint density at radius 3 is 2.52 bits per heavy atom. The van der Waals surface area contributed by atoms with Gasteiger partial charge in [0.15, 0.2) is 5.82 Å². The first-order valence-electron chi connectivity index (χ1n) is 14.5. The van der Waals surface area contributed by atoms with E-state index in [0.29, 0.717) is 31.7 Å². The van der Waals surface area contributed by atoms with Gasteiger partial charge in [0, 0.05) is 31.6 Å². The maximum Gasteiger partial charge on any atom is 0.407 e. The average Bonchev–Trinajstić information content (AvgIpc) is 3.27. The average molecular weight is 600 g/mol. The summed E-state index contributed by atoms with van der Waals surface area (Å²) >= 11 is 0. The van der Waals surface area contributed by atoms with E-state index >= 15 is 0 Å². The second-order valence-electron chi connectivity index (χ2n) is 12.7. The lowest BCUT2D eigenvalue weighted by Gasteiger charge is -2.43. The Morgan fingerprint density at radius 2 is 1.83 bits per heavy atom. The highest BCUT2D eigenvalue weighted by Crippen LogP contribution is 2.36. The van der Waals surface area contributed by atoms with E-state index < -0.39 is 21.7 Å². The maximum atomic E-state index is 13.9. The minimum absolute atomic E-state index is 0.00246. The number of piperidine rings is 1. The number of sulfonamides is 1. The molecule has 2 aromatic rings. The van der Waals surface area contributed by atoms with Gasteiger partial charge >= 0.3 is 6.09 Å². The number of nitrogens with one attached hydrogen (secondary N) is 2. The number of amidine groups is 1. The van der Waals surface area contributed by atoms with Gasteiger partial charge in [-0.15, -0.1) is 0 Å². The number of benzene rings is 1. The van der Waals surface area contributed by atoms with E-state index in [0.717, 1.165) is 48.4 Å². The van der Waals surface area contributed by atoms with E-state index in [9.17, 15) is 18.0 Å². The molecular formula is C29H41N7O5S. The third kappa shape index (κ3) is 6.71. The summed E-state index contributed by atoms with van der Waals surface area (Å²) in [5.74, 6) is 1.62. The third-order valence-corrected chi connectivity index (χ3v) is 8.22. The van der Waals surface area contributed by atoms with Crippen molar-refractivity contribution < 1.29 is 22.7 Å². The Labute approximate surface area is 247 Å². The van der Waals surface area contributed by atoms with E-state index in [1.165, 1.54) is 0 Å². The molecule has 2 atom stereocenters. The Kier molecular flexibility index (Phi) is 7.99. The minimum Gasteiger partial charge on any atom is -0.444 e. The molecule has 3 aliphatic heterocycles. The van der Waals surface area contributed by atoms with Crippen LogP contribution in [0.5, 0.6) is 0 Å². The molecule has 13 heteroatoms. The molecule has 0 bridgehead atoms. The van der Waals surface area contributed by atoms with Gasteiger partial charge < -0.3 is 19.9 Å². The van der Waals surface area contributed by atoms with Gasteiger partial charge in [-0.1, -0.05) is 18.6 Å². The van der Waals surface area contributed by atoms with Gasteiger partial charge in [-0.25, -0.2) is 22.9 Å². The molecule has 1 unspecified atom stereocenters. The van der Waals surface area contributed by atoms with E-state index in [4.69, 9.17) is 14.8 Å². The summed E-state index contributed by atoms with van der Waals surface area (Å²) in [5, 5.41) is 7.81. The minimum atomic E-state index is -3.56. The normalized spacial score (nSPS) is 21.2. The first-order valence-corrected chi connectivity index (χ1v) is 16.4. The van der Waals surface area contributed by atoms with Crippen LogP contribution in [0.3, 0.4) is 0 Å². The number of anilines is 1. The van der Waals surface area contributed by atoms with Crippen LogP contribution in [0.2, 0.25) is 0 Å². The molecule has 1 aromatic carbocycles. The van der Waals surface area contributed by atoms with Gasteiger partial charge in [0.25, 0.3) is 5.91 Å². The van der Waals surface area contributed by atoms with Crippen LogP contribution in [0.4, 0.5) is 16.3 Å². The van der Waals surface area contributed by atoms with Crippen LogP contribution >= 0.6 is 0 Å². The highest BCUT2D eigenvalue weighted by Gasteiger charge is 2.37. The zero-order valence-corrected chi connectivity index (χ0v) is 26.0. The molecule has 0 radical (unpaired) electrons. The van der Waals surface area contributed by atoms with Crippen LogP contribution in [-0.4, -0.2) is 83.4 Å². The highest BCUT2D eigenvalue weighted by molar-refractivity contribution is 7.92. The SMILES string of the molecule is Cc1ccc(NS(C)(=O)=O)c(C(=O)N2CCCC[C@H]2c2cc3n(n2)CC(C)C(N2CC(NC(=O)OC(C)(C)C)C2)=N3)c1. The van der Waals surface area contributed by atoms with Gasteiger partial charge in [0.2, 0.25) is 10.0 Å². The number of hydrogen-bond acceptors (Lipinski definition) is 8. The smallest absolute Gasteiger partial charge is 0.407 e. The summed E-state index contributed by atoms with van der Waals surface area (Å²) in [6.07, 6.45) is 3.25. The van der Waals surface area contributed by atoms with Crippen molar-refractivity contribution in [1.29, 1.82) is 0 Å². The van der Waals surface area contributed by atoms with E-state index in [2.05, 4.69) is 21.9 Å². The Bertz CT molecular complexity index is 1500. The quantitative estimate of drug-likeness (QED) is 0.533. The lowest BCUT2D eigenvalue weighted by Crippen LogP contribution is -2.62. The number of likely N-dealkylation sites (tertiary alicyclic amines) is 2. The zero-order valence-electron chi connectivity index (χ0n) is 25.2. The van der Waals surface area contributed by atoms with Crippen LogP contribution in [0.25, 0.3) is 0 Å². The highest BCUT2D eigenvalue weighted by atomic mass is 32.2. The van der Waals surface area contributed by atoms with E-state index in [1.807, 2.05) is 43.3 Å². The number of carbonyl (C=O) groups is 2. The lowest BCUT2D eigenvalue weighted by molar-refractivity contribution is 0.0451. The molecule has 2 amide bonds. The summed E-state index contributed by atoms with van der Waals surface area (Å²) in [6.45, 7) is 12.1. The monoisotopic (exact) mass is 599 g/mol. The number of hydrogen-bond donors (Lipinski definition) is 2. The number of nitrogens with zero attached hydrogens (tertiary/aromatic N) is 5. The number of amides is 2. The van der Waals surface area contributed by atoms with Crippen molar-refractivity contribution in [2.75, 3.05) is 30.6 Å². The van der Waals surface area contributed by atoms with Crippen molar-refractivity contribution in [3.05, 3.63) is 41.1 Å². The number of aryl methyl sites for hydroxylation is 1. The van der Waals surface area contributed by atoms with Crippen molar-refractivity contribution in [3.8, 4) is 0 Å². The molecule has 1 aromatic heterocycles. The number of aromatic nitrogens is 2. The van der Waals surface area contributed by atoms with Crippen molar-refractivity contribution in [2.45, 2.75) is 78.1 Å². The summed E-state index contributed by atoms with van der Waals surface area (Å²) < 4.78 is 33.7. The maximum absolute atomic E-state index is 13.9. The molecule has 0 spiro atoms. The fourth-order valence-electron chi connectivity index (χ4n) is 5.76. The summed E-state index contributed by atoms with van der Waals surface area (Å²) in [5.41, 5.74) is 1.72. The number of aliphatic imine (C=N–C) groups is 1. The largest absolute Gasteiger partial charge is 0.444 e. The van der Waals surface area contributed by atoms with Crippen LogP contribution in [0.1, 0.15) is 74.6 Å². The Hall–Kier alpha value is -3.61. The third-order valence-electron chi connectivity index (χ3n) is 7.63. The lowest BCUT2D eigenvalue weighted by atomic mass is 9.97. The van der Waals surface area contributed by atoms with Gasteiger partial charge in [-0.3, -0.25) is 9.52 Å². The molecule has 2 saturated heterocycles. The Morgan fingerprint density at radius 1 is 1.10 bits per heavy atom. The molecule has 0 saturated carbocycles. The molecule has 42 heavy (non-hydrogen) atoms. The van der Waals surface area contributed by atoms with Gasteiger partial charge in [-0.05, 0) is 59.1 Å². The molecule has 228 valence electrons. The molecule has 0 aliphatic carbocycles. The van der Waals surface area contributed by atoms with Crippen molar-refractivity contribution in [3.63, 3.8) is 0 Å². The fraction of sp³-hybridized carbons (Fsp3) is 0.586. The van der Waals surface area contributed by atoms with Crippen LogP contribution in [0, 0.1) is 12.8 Å². The molecule has 2 N–H and O–H groups in total. The number of alkyl carbamates (subject to hydrolysis) is 1. The molecule has 4 heterocycles. The van der Waals surface area contributed by atoms with Crippen molar-refractivity contribution in [1.82, 2.24) is 24.9 Å². The molecule has 2 fully saturated rings. The van der Waals surface area contributed by atoms with E-state index in [1.54, 1.807) is 18.2 Å². The fourth-order valence-corrected chi connectivity index (χ4v) is 6.33. The first-order chi connectivity index (χ1) is 19.7. The van der Waals surface area contributed by atoms with Crippen molar-refractivity contribution in [2.24, 2.45) is 10.9 Å². The van der Waals surface area contributed by atoms with Gasteiger partial charge in [0.05, 0.1) is 41.8 Å². The second-order valence-corrected chi connectivity index (χ2v) is 14.4. The first kappa shape index (κ1) is 29.9. The molecular weight excluding hydrogens is 558 g/mol. The number of carbonyl (C=O) groups excluding carboxylic acids is 2.